The molecule has 0 aliphatic heterocycles. The summed E-state index contributed by atoms with van der Waals surface area (Å²) < 4.78 is 0. The van der Waals surface area contributed by atoms with Gasteiger partial charge in [-0.2, -0.15) is 0 Å². The molecule has 0 heterocycles. The Labute approximate surface area is 90.7 Å². The normalized spacial score (nSPS) is 23.6. The summed E-state index contributed by atoms with van der Waals surface area (Å²) in [7, 11) is 1.70. The first kappa shape index (κ1) is 10.2. The van der Waals surface area contributed by atoms with Gasteiger partial charge in [-0.05, 0) is 29.4 Å². The molecule has 2 rings (SSSR count). The van der Waals surface area contributed by atoms with E-state index in [1.54, 1.807) is 7.05 Å². The van der Waals surface area contributed by atoms with Crippen molar-refractivity contribution in [2.24, 2.45) is 0 Å². The van der Waals surface area contributed by atoms with Crippen molar-refractivity contribution in [3.8, 4) is 0 Å². The van der Waals surface area contributed by atoms with Gasteiger partial charge < -0.3 is 5.32 Å². The fourth-order valence-electron chi connectivity index (χ4n) is 2.53. The lowest BCUT2D eigenvalue weighted by Gasteiger charge is -2.09. The molecule has 0 saturated heterocycles. The summed E-state index contributed by atoms with van der Waals surface area (Å²) >= 11 is 0. The van der Waals surface area contributed by atoms with Crippen LogP contribution in [0.3, 0.4) is 0 Å². The number of benzene rings is 1. The molecule has 0 saturated carbocycles. The van der Waals surface area contributed by atoms with E-state index in [-0.39, 0.29) is 5.91 Å². The van der Waals surface area contributed by atoms with Gasteiger partial charge in [0.05, 0.1) is 0 Å². The molecule has 0 fully saturated rings. The zero-order chi connectivity index (χ0) is 10.8. The van der Waals surface area contributed by atoms with E-state index in [2.05, 4.69) is 36.5 Å². The molecule has 15 heavy (non-hydrogen) atoms. The van der Waals surface area contributed by atoms with Crippen LogP contribution < -0.4 is 5.32 Å². The quantitative estimate of drug-likeness (QED) is 0.785. The third kappa shape index (κ3) is 1.89. The number of fused-ring (bicyclic) bond motifs is 1. The SMILES string of the molecule is CNC(=O)CC1CC(C)c2ccccc21. The second-order valence-electron chi connectivity index (χ2n) is 4.34. The van der Waals surface area contributed by atoms with Crippen molar-refractivity contribution in [3.05, 3.63) is 35.4 Å². The van der Waals surface area contributed by atoms with Crippen molar-refractivity contribution in [3.63, 3.8) is 0 Å². The third-order valence-electron chi connectivity index (χ3n) is 3.32. The standard InChI is InChI=1S/C13H17NO/c1-9-7-10(8-13(15)14-2)12-6-4-3-5-11(9)12/h3-6,9-10H,7-8H2,1-2H3,(H,14,15). The summed E-state index contributed by atoms with van der Waals surface area (Å²) in [6.45, 7) is 2.24. The van der Waals surface area contributed by atoms with Gasteiger partial charge in [0.15, 0.2) is 0 Å². The van der Waals surface area contributed by atoms with Gasteiger partial charge >= 0.3 is 0 Å². The van der Waals surface area contributed by atoms with E-state index in [0.29, 0.717) is 18.3 Å². The van der Waals surface area contributed by atoms with Crippen molar-refractivity contribution in [2.75, 3.05) is 7.05 Å². The predicted octanol–water partition coefficient (Wildman–Crippen LogP) is 2.41. The first-order valence-electron chi connectivity index (χ1n) is 5.51. The van der Waals surface area contributed by atoms with Crippen LogP contribution in [0.5, 0.6) is 0 Å². The Morgan fingerprint density at radius 3 is 2.73 bits per heavy atom. The molecule has 0 aromatic heterocycles. The van der Waals surface area contributed by atoms with Crippen LogP contribution in [0.4, 0.5) is 0 Å². The second kappa shape index (κ2) is 4.05. The lowest BCUT2D eigenvalue weighted by molar-refractivity contribution is -0.121. The zero-order valence-corrected chi connectivity index (χ0v) is 9.29. The summed E-state index contributed by atoms with van der Waals surface area (Å²) in [6, 6.07) is 8.49. The molecule has 1 aromatic rings. The average Bonchev–Trinajstić information content (AvgIpc) is 2.57. The predicted molar refractivity (Wildman–Crippen MR) is 60.9 cm³/mol. The Morgan fingerprint density at radius 1 is 1.40 bits per heavy atom. The molecule has 1 aromatic carbocycles. The van der Waals surface area contributed by atoms with E-state index in [4.69, 9.17) is 0 Å². The van der Waals surface area contributed by atoms with Crippen molar-refractivity contribution in [1.82, 2.24) is 5.32 Å². The van der Waals surface area contributed by atoms with Crippen LogP contribution in [0.2, 0.25) is 0 Å². The van der Waals surface area contributed by atoms with Gasteiger partial charge in [0.25, 0.3) is 0 Å². The Morgan fingerprint density at radius 2 is 2.07 bits per heavy atom. The van der Waals surface area contributed by atoms with E-state index in [9.17, 15) is 4.79 Å². The number of amides is 1. The van der Waals surface area contributed by atoms with Crippen molar-refractivity contribution < 1.29 is 4.79 Å². The molecule has 1 N–H and O–H groups in total. The van der Waals surface area contributed by atoms with Crippen LogP contribution in [0.25, 0.3) is 0 Å². The summed E-state index contributed by atoms with van der Waals surface area (Å²) in [5.41, 5.74) is 2.79. The molecule has 2 atom stereocenters. The van der Waals surface area contributed by atoms with E-state index in [0.717, 1.165) is 6.42 Å². The molecular weight excluding hydrogens is 186 g/mol. The first-order chi connectivity index (χ1) is 7.22. The highest BCUT2D eigenvalue weighted by Gasteiger charge is 2.28. The van der Waals surface area contributed by atoms with E-state index >= 15 is 0 Å². The van der Waals surface area contributed by atoms with Gasteiger partial charge in [-0.3, -0.25) is 4.79 Å². The smallest absolute Gasteiger partial charge is 0.220 e. The maximum absolute atomic E-state index is 11.4. The summed E-state index contributed by atoms with van der Waals surface area (Å²) in [5.74, 6) is 1.15. The highest BCUT2D eigenvalue weighted by atomic mass is 16.1. The summed E-state index contributed by atoms with van der Waals surface area (Å²) in [6.07, 6.45) is 1.73. The van der Waals surface area contributed by atoms with Gasteiger partial charge in [-0.15, -0.1) is 0 Å². The topological polar surface area (TPSA) is 29.1 Å². The van der Waals surface area contributed by atoms with E-state index in [1.807, 2.05) is 0 Å². The lowest BCUT2D eigenvalue weighted by Crippen LogP contribution is -2.19. The molecule has 0 radical (unpaired) electrons. The largest absolute Gasteiger partial charge is 0.359 e. The molecule has 1 aliphatic carbocycles. The Balaban J connectivity index is 2.21. The number of nitrogens with one attached hydrogen (secondary N) is 1. The monoisotopic (exact) mass is 203 g/mol. The molecule has 1 aliphatic rings. The summed E-state index contributed by atoms with van der Waals surface area (Å²) in [4.78, 5) is 11.4. The zero-order valence-electron chi connectivity index (χ0n) is 9.29. The molecule has 2 nitrogen and oxygen atoms in total. The molecule has 2 unspecified atom stereocenters. The molecule has 0 spiro atoms. The Kier molecular flexibility index (Phi) is 2.76. The number of carbonyl (C=O) groups excluding carboxylic acids is 1. The van der Waals surface area contributed by atoms with Crippen LogP contribution in [0, 0.1) is 0 Å². The van der Waals surface area contributed by atoms with Gasteiger partial charge in [0.1, 0.15) is 0 Å². The van der Waals surface area contributed by atoms with Crippen LogP contribution >= 0.6 is 0 Å². The minimum Gasteiger partial charge on any atom is -0.359 e. The molecule has 80 valence electrons. The van der Waals surface area contributed by atoms with Crippen molar-refractivity contribution in [1.29, 1.82) is 0 Å². The maximum Gasteiger partial charge on any atom is 0.220 e. The number of hydrogen-bond acceptors (Lipinski definition) is 1. The maximum atomic E-state index is 11.4. The highest BCUT2D eigenvalue weighted by Crippen LogP contribution is 2.42. The highest BCUT2D eigenvalue weighted by molar-refractivity contribution is 5.76. The summed E-state index contributed by atoms with van der Waals surface area (Å²) in [5, 5.41) is 2.70. The lowest BCUT2D eigenvalue weighted by atomic mass is 9.97. The minimum atomic E-state index is 0.143. The van der Waals surface area contributed by atoms with Gasteiger partial charge in [0, 0.05) is 13.5 Å². The average molecular weight is 203 g/mol. The fourth-order valence-corrected chi connectivity index (χ4v) is 2.53. The third-order valence-corrected chi connectivity index (χ3v) is 3.32. The van der Waals surface area contributed by atoms with Crippen LogP contribution in [0.15, 0.2) is 24.3 Å². The van der Waals surface area contributed by atoms with Gasteiger partial charge in [-0.25, -0.2) is 0 Å². The Bertz CT molecular complexity index is 373. The Hall–Kier alpha value is -1.31. The van der Waals surface area contributed by atoms with Crippen molar-refractivity contribution >= 4 is 5.91 Å². The minimum absolute atomic E-state index is 0.143. The van der Waals surface area contributed by atoms with E-state index < -0.39 is 0 Å². The van der Waals surface area contributed by atoms with Crippen molar-refractivity contribution in [2.45, 2.75) is 31.6 Å². The number of rotatable bonds is 2. The van der Waals surface area contributed by atoms with Crippen LogP contribution in [-0.4, -0.2) is 13.0 Å². The van der Waals surface area contributed by atoms with Crippen LogP contribution in [0.1, 0.15) is 42.7 Å². The number of carbonyl (C=O) groups is 1. The molecule has 0 bridgehead atoms. The molecular formula is C13H17NO. The van der Waals surface area contributed by atoms with Gasteiger partial charge in [0.2, 0.25) is 5.91 Å². The fraction of sp³-hybridized carbons (Fsp3) is 0.462. The van der Waals surface area contributed by atoms with Gasteiger partial charge in [-0.1, -0.05) is 31.2 Å². The number of hydrogen-bond donors (Lipinski definition) is 1. The van der Waals surface area contributed by atoms with Crippen LogP contribution in [-0.2, 0) is 4.79 Å². The molecule has 1 amide bonds. The first-order valence-corrected chi connectivity index (χ1v) is 5.51. The molecule has 2 heteroatoms. The van der Waals surface area contributed by atoms with E-state index in [1.165, 1.54) is 11.1 Å². The second-order valence-corrected chi connectivity index (χ2v) is 4.34.